The van der Waals surface area contributed by atoms with Crippen molar-refractivity contribution >= 4 is 37.9 Å². The minimum Gasteiger partial charge on any atom is -0.456 e. The minimum absolute atomic E-state index is 0.0121. The van der Waals surface area contributed by atoms with Crippen LogP contribution in [0.25, 0.3) is 21.9 Å². The van der Waals surface area contributed by atoms with Gasteiger partial charge in [0.15, 0.2) is 0 Å². The van der Waals surface area contributed by atoms with Gasteiger partial charge in [-0.25, -0.2) is 8.42 Å². The van der Waals surface area contributed by atoms with Crippen LogP contribution >= 0.6 is 0 Å². The van der Waals surface area contributed by atoms with Crippen LogP contribution in [0.4, 0.5) is 0 Å². The molecule has 3 rings (SSSR count). The van der Waals surface area contributed by atoms with Crippen LogP contribution in [-0.4, -0.2) is 73.1 Å². The highest BCUT2D eigenvalue weighted by Gasteiger charge is 2.25. The third kappa shape index (κ3) is 5.00. The Labute approximate surface area is 198 Å². The number of hydrogen-bond donors (Lipinski definition) is 2. The van der Waals surface area contributed by atoms with Crippen LogP contribution in [0.5, 0.6) is 0 Å². The number of hydrogen-bond acceptors (Lipinski definition) is 7. The SMILES string of the molecule is CCCN(CCC)S(=O)(=O)c1ccc2oc3cccc(C(=O)N(CCO)CCO)c3c(=O)c2c1. The van der Waals surface area contributed by atoms with E-state index in [9.17, 15) is 28.2 Å². The summed E-state index contributed by atoms with van der Waals surface area (Å²) in [5.41, 5.74) is -0.0729. The zero-order chi connectivity index (χ0) is 24.9. The highest BCUT2D eigenvalue weighted by Crippen LogP contribution is 2.26. The first-order valence-corrected chi connectivity index (χ1v) is 12.7. The van der Waals surface area contributed by atoms with E-state index in [1.807, 2.05) is 13.8 Å². The Balaban J connectivity index is 2.21. The lowest BCUT2D eigenvalue weighted by atomic mass is 10.1. The molecule has 0 aliphatic heterocycles. The van der Waals surface area contributed by atoms with Gasteiger partial charge in [-0.3, -0.25) is 9.59 Å². The average molecular weight is 491 g/mol. The predicted molar refractivity (Wildman–Crippen MR) is 129 cm³/mol. The lowest BCUT2D eigenvalue weighted by Crippen LogP contribution is -2.36. The van der Waals surface area contributed by atoms with E-state index in [-0.39, 0.29) is 58.7 Å². The molecular weight excluding hydrogens is 460 g/mol. The third-order valence-corrected chi connectivity index (χ3v) is 7.40. The maximum absolute atomic E-state index is 13.5. The summed E-state index contributed by atoms with van der Waals surface area (Å²) >= 11 is 0. The Morgan fingerprint density at radius 3 is 2.18 bits per heavy atom. The molecule has 2 N–H and O–H groups in total. The number of aliphatic hydroxyl groups excluding tert-OH is 2. The Bertz CT molecular complexity index is 1320. The van der Waals surface area contributed by atoms with Crippen LogP contribution in [0.2, 0.25) is 0 Å². The van der Waals surface area contributed by atoms with Gasteiger partial charge >= 0.3 is 0 Å². The molecule has 0 aliphatic rings. The second-order valence-electron chi connectivity index (χ2n) is 7.91. The van der Waals surface area contributed by atoms with Crippen LogP contribution < -0.4 is 5.43 Å². The summed E-state index contributed by atoms with van der Waals surface area (Å²) in [4.78, 5) is 27.8. The van der Waals surface area contributed by atoms with Gasteiger partial charge < -0.3 is 19.5 Å². The molecule has 1 aromatic heterocycles. The molecule has 184 valence electrons. The Morgan fingerprint density at radius 1 is 0.941 bits per heavy atom. The molecule has 0 atom stereocenters. The van der Waals surface area contributed by atoms with Gasteiger partial charge in [0.1, 0.15) is 11.2 Å². The highest BCUT2D eigenvalue weighted by atomic mass is 32.2. The smallest absolute Gasteiger partial charge is 0.254 e. The Morgan fingerprint density at radius 2 is 1.59 bits per heavy atom. The number of benzene rings is 2. The third-order valence-electron chi connectivity index (χ3n) is 5.51. The van der Waals surface area contributed by atoms with E-state index in [1.165, 1.54) is 33.5 Å². The molecule has 0 radical (unpaired) electrons. The number of rotatable bonds is 11. The zero-order valence-corrected chi connectivity index (χ0v) is 20.2. The van der Waals surface area contributed by atoms with Crippen LogP contribution in [0.1, 0.15) is 37.0 Å². The van der Waals surface area contributed by atoms with Crippen molar-refractivity contribution in [1.82, 2.24) is 9.21 Å². The van der Waals surface area contributed by atoms with E-state index in [0.29, 0.717) is 25.9 Å². The summed E-state index contributed by atoms with van der Waals surface area (Å²) in [6.07, 6.45) is 1.31. The van der Waals surface area contributed by atoms with Crippen LogP contribution in [0.3, 0.4) is 0 Å². The fourth-order valence-electron chi connectivity index (χ4n) is 3.94. The van der Waals surface area contributed by atoms with Crippen LogP contribution in [0, 0.1) is 0 Å². The molecule has 9 nitrogen and oxygen atoms in total. The van der Waals surface area contributed by atoms with E-state index in [1.54, 1.807) is 12.1 Å². The van der Waals surface area contributed by atoms with Crippen LogP contribution in [0.15, 0.2) is 50.5 Å². The van der Waals surface area contributed by atoms with Gasteiger partial charge in [0, 0.05) is 26.2 Å². The lowest BCUT2D eigenvalue weighted by Gasteiger charge is -2.21. The van der Waals surface area contributed by atoms with Gasteiger partial charge in [-0.05, 0) is 43.2 Å². The Hall–Kier alpha value is -2.79. The van der Waals surface area contributed by atoms with E-state index in [0.717, 1.165) is 0 Å². The fraction of sp³-hybridized carbons (Fsp3) is 0.417. The van der Waals surface area contributed by atoms with Crippen molar-refractivity contribution in [3.8, 4) is 0 Å². The van der Waals surface area contributed by atoms with Crippen LogP contribution in [-0.2, 0) is 10.0 Å². The van der Waals surface area contributed by atoms with Crippen molar-refractivity contribution in [3.63, 3.8) is 0 Å². The molecule has 0 bridgehead atoms. The van der Waals surface area contributed by atoms with Gasteiger partial charge in [0.25, 0.3) is 5.91 Å². The minimum atomic E-state index is -3.82. The first-order chi connectivity index (χ1) is 16.3. The molecule has 0 saturated heterocycles. The number of aliphatic hydroxyl groups is 2. The van der Waals surface area contributed by atoms with E-state index < -0.39 is 21.4 Å². The second kappa shape index (κ2) is 11.1. The molecule has 0 unspecified atom stereocenters. The Kier molecular flexibility index (Phi) is 8.42. The molecule has 0 aliphatic carbocycles. The molecule has 1 heterocycles. The van der Waals surface area contributed by atoms with Gasteiger partial charge in [-0.1, -0.05) is 19.9 Å². The maximum atomic E-state index is 13.5. The summed E-state index contributed by atoms with van der Waals surface area (Å²) < 4.78 is 33.7. The van der Waals surface area contributed by atoms with Gasteiger partial charge in [-0.15, -0.1) is 0 Å². The summed E-state index contributed by atoms with van der Waals surface area (Å²) in [7, 11) is -3.82. The number of nitrogens with zero attached hydrogens (tertiary/aromatic N) is 2. The van der Waals surface area contributed by atoms with Crippen molar-refractivity contribution in [2.75, 3.05) is 39.4 Å². The molecule has 34 heavy (non-hydrogen) atoms. The molecule has 0 saturated carbocycles. The quantitative estimate of drug-likeness (QED) is 0.394. The molecule has 1 amide bonds. The van der Waals surface area contributed by atoms with Gasteiger partial charge in [0.05, 0.1) is 34.4 Å². The first kappa shape index (κ1) is 25.8. The fourth-order valence-corrected chi connectivity index (χ4v) is 5.60. The topological polar surface area (TPSA) is 128 Å². The maximum Gasteiger partial charge on any atom is 0.254 e. The normalized spacial score (nSPS) is 12.0. The zero-order valence-electron chi connectivity index (χ0n) is 19.4. The second-order valence-corrected chi connectivity index (χ2v) is 9.85. The van der Waals surface area contributed by atoms with Crippen molar-refractivity contribution < 1.29 is 27.8 Å². The van der Waals surface area contributed by atoms with E-state index >= 15 is 0 Å². The van der Waals surface area contributed by atoms with E-state index in [4.69, 9.17) is 4.42 Å². The van der Waals surface area contributed by atoms with Crippen molar-refractivity contribution in [3.05, 3.63) is 52.2 Å². The predicted octanol–water partition coefficient (Wildman–Crippen LogP) is 2.18. The molecule has 0 spiro atoms. The number of fused-ring (bicyclic) bond motifs is 2. The number of sulfonamides is 1. The standard InChI is InChI=1S/C24H30N2O7S/c1-3-10-26(11-4-2)34(31,32)17-8-9-20-19(16-17)23(29)22-18(6-5-7-21(22)33-20)24(30)25(12-14-27)13-15-28/h5-9,16,27-28H,3-4,10-15H2,1-2H3. The molecular formula is C24H30N2O7S. The molecule has 2 aromatic carbocycles. The number of amides is 1. The highest BCUT2D eigenvalue weighted by molar-refractivity contribution is 7.89. The molecule has 3 aromatic rings. The summed E-state index contributed by atoms with van der Waals surface area (Å²) in [5.74, 6) is -0.541. The van der Waals surface area contributed by atoms with Crippen molar-refractivity contribution in [2.24, 2.45) is 0 Å². The summed E-state index contributed by atoms with van der Waals surface area (Å²) in [6, 6.07) is 8.78. The summed E-state index contributed by atoms with van der Waals surface area (Å²) in [5, 5.41) is 18.6. The first-order valence-electron chi connectivity index (χ1n) is 11.3. The monoisotopic (exact) mass is 490 g/mol. The van der Waals surface area contributed by atoms with Gasteiger partial charge in [0.2, 0.25) is 15.5 Å². The average Bonchev–Trinajstić information content (AvgIpc) is 2.82. The summed E-state index contributed by atoms with van der Waals surface area (Å²) in [6.45, 7) is 3.89. The lowest BCUT2D eigenvalue weighted by molar-refractivity contribution is 0.0686. The van der Waals surface area contributed by atoms with Gasteiger partial charge in [-0.2, -0.15) is 4.31 Å². The van der Waals surface area contributed by atoms with Crippen molar-refractivity contribution in [1.29, 1.82) is 0 Å². The number of carbonyl (C=O) groups excluding carboxylic acids is 1. The van der Waals surface area contributed by atoms with Crippen molar-refractivity contribution in [2.45, 2.75) is 31.6 Å². The largest absolute Gasteiger partial charge is 0.456 e. The number of carbonyl (C=O) groups is 1. The molecule has 0 fully saturated rings. The van der Waals surface area contributed by atoms with E-state index in [2.05, 4.69) is 0 Å². The molecule has 10 heteroatoms.